The van der Waals surface area contributed by atoms with Gasteiger partial charge in [0, 0.05) is 11.3 Å². The Morgan fingerprint density at radius 2 is 2.18 bits per heavy atom. The van der Waals surface area contributed by atoms with Crippen LogP contribution in [-0.2, 0) is 6.42 Å². The lowest BCUT2D eigenvalue weighted by Gasteiger charge is -1.99. The quantitative estimate of drug-likeness (QED) is 0.591. The monoisotopic (exact) mass is 325 g/mol. The van der Waals surface area contributed by atoms with Gasteiger partial charge < -0.3 is 0 Å². The van der Waals surface area contributed by atoms with Crippen LogP contribution in [0, 0.1) is 16.1 Å². The smallest absolute Gasteiger partial charge is 0.216 e. The molecule has 3 rings (SSSR count). The molecule has 108 valence electrons. The Labute approximate surface area is 136 Å². The molecule has 0 spiro atoms. The minimum absolute atomic E-state index is 0.455. The summed E-state index contributed by atoms with van der Waals surface area (Å²) >= 11 is 6.89. The van der Waals surface area contributed by atoms with Crippen molar-refractivity contribution in [2.45, 2.75) is 6.42 Å². The second kappa shape index (κ2) is 6.47. The number of thiophene rings is 1. The summed E-state index contributed by atoms with van der Waals surface area (Å²) < 4.78 is 2.07. The summed E-state index contributed by atoms with van der Waals surface area (Å²) in [6, 6.07) is 13.3. The van der Waals surface area contributed by atoms with Gasteiger partial charge in [-0.1, -0.05) is 18.2 Å². The molecule has 0 aliphatic rings. The molecule has 0 unspecified atom stereocenters. The van der Waals surface area contributed by atoms with E-state index in [0.29, 0.717) is 16.8 Å². The third-order valence-corrected chi connectivity index (χ3v) is 4.13. The molecule has 2 heterocycles. The molecule has 0 aliphatic heterocycles. The van der Waals surface area contributed by atoms with Crippen molar-refractivity contribution in [1.82, 2.24) is 14.9 Å². The van der Waals surface area contributed by atoms with Crippen molar-refractivity contribution in [1.29, 1.82) is 5.26 Å². The number of nitrogens with zero attached hydrogens (tertiary/aromatic N) is 4. The van der Waals surface area contributed by atoms with E-state index in [9.17, 15) is 0 Å². The summed E-state index contributed by atoms with van der Waals surface area (Å²) in [6.45, 7) is 0. The van der Waals surface area contributed by atoms with Gasteiger partial charge in [0.2, 0.25) is 4.77 Å². The van der Waals surface area contributed by atoms with E-state index >= 15 is 0 Å². The maximum absolute atomic E-state index is 8.79. The van der Waals surface area contributed by atoms with Crippen LogP contribution in [0.4, 0.5) is 0 Å². The number of H-pyrrole nitrogens is 1. The highest BCUT2D eigenvalue weighted by atomic mass is 32.1. The summed E-state index contributed by atoms with van der Waals surface area (Å²) in [5, 5.41) is 22.2. The van der Waals surface area contributed by atoms with Crippen LogP contribution in [0.15, 0.2) is 46.9 Å². The summed E-state index contributed by atoms with van der Waals surface area (Å²) in [7, 11) is 0. The van der Waals surface area contributed by atoms with E-state index in [1.807, 2.05) is 23.6 Å². The zero-order valence-corrected chi connectivity index (χ0v) is 13.1. The average Bonchev–Trinajstić information content (AvgIpc) is 3.17. The molecule has 0 bridgehead atoms. The van der Waals surface area contributed by atoms with Crippen molar-refractivity contribution in [3.8, 4) is 6.07 Å². The Bertz CT molecular complexity index is 879. The van der Waals surface area contributed by atoms with Gasteiger partial charge in [0.15, 0.2) is 5.82 Å². The summed E-state index contributed by atoms with van der Waals surface area (Å²) in [5.74, 6) is 0.761. The van der Waals surface area contributed by atoms with E-state index < -0.39 is 0 Å². The second-order valence-electron chi connectivity index (χ2n) is 4.49. The predicted octanol–water partition coefficient (Wildman–Crippen LogP) is 3.35. The minimum Gasteiger partial charge on any atom is -0.250 e. The van der Waals surface area contributed by atoms with E-state index in [0.717, 1.165) is 11.4 Å². The van der Waals surface area contributed by atoms with Crippen molar-refractivity contribution in [2.75, 3.05) is 0 Å². The van der Waals surface area contributed by atoms with Crippen molar-refractivity contribution < 1.29 is 0 Å². The molecule has 0 saturated carbocycles. The van der Waals surface area contributed by atoms with Gasteiger partial charge in [0.25, 0.3) is 0 Å². The summed E-state index contributed by atoms with van der Waals surface area (Å²) in [4.78, 5) is 1.20. The molecule has 5 nitrogen and oxygen atoms in total. The molecule has 0 atom stereocenters. The molecule has 7 heteroatoms. The van der Waals surface area contributed by atoms with E-state index in [1.165, 1.54) is 4.88 Å². The number of hydrogen-bond donors (Lipinski definition) is 1. The van der Waals surface area contributed by atoms with Gasteiger partial charge in [-0.2, -0.15) is 20.1 Å². The minimum atomic E-state index is 0.455. The molecule has 0 amide bonds. The van der Waals surface area contributed by atoms with Crippen LogP contribution in [0.3, 0.4) is 0 Å². The highest BCUT2D eigenvalue weighted by Crippen LogP contribution is 2.13. The third kappa shape index (κ3) is 3.19. The van der Waals surface area contributed by atoms with Gasteiger partial charge in [-0.15, -0.1) is 11.3 Å². The van der Waals surface area contributed by atoms with Gasteiger partial charge in [0.05, 0.1) is 17.8 Å². The topological polar surface area (TPSA) is 69.8 Å². The molecule has 0 aliphatic carbocycles. The number of rotatable bonds is 4. The normalized spacial score (nSPS) is 10.9. The van der Waals surface area contributed by atoms with Gasteiger partial charge >= 0.3 is 0 Å². The zero-order valence-electron chi connectivity index (χ0n) is 11.4. The van der Waals surface area contributed by atoms with Crippen LogP contribution < -0.4 is 0 Å². The number of hydrogen-bond acceptors (Lipinski definition) is 5. The Balaban J connectivity index is 1.85. The average molecular weight is 325 g/mol. The number of benzene rings is 1. The van der Waals surface area contributed by atoms with Crippen LogP contribution in [0.25, 0.3) is 0 Å². The number of nitriles is 1. The number of aromatic amines is 1. The third-order valence-electron chi connectivity index (χ3n) is 2.99. The molecule has 1 aromatic carbocycles. The van der Waals surface area contributed by atoms with Crippen LogP contribution in [0.5, 0.6) is 0 Å². The number of aromatic nitrogens is 3. The standard InChI is InChI=1S/C15H11N5S2/c16-9-11-3-5-12(6-4-11)10-17-20-14(18-19-15(20)21)8-13-2-1-7-22-13/h1-7,10H,8H2,(H,19,21)/b17-10-. The highest BCUT2D eigenvalue weighted by molar-refractivity contribution is 7.71. The molecule has 3 aromatic rings. The SMILES string of the molecule is N#Cc1ccc(/C=N\n2c(Cc3cccs3)n[nH]c2=S)cc1. The van der Waals surface area contributed by atoms with Gasteiger partial charge in [-0.05, 0) is 41.4 Å². The largest absolute Gasteiger partial charge is 0.250 e. The maximum atomic E-state index is 8.79. The highest BCUT2D eigenvalue weighted by Gasteiger charge is 2.06. The Morgan fingerprint density at radius 3 is 2.86 bits per heavy atom. The Morgan fingerprint density at radius 1 is 1.36 bits per heavy atom. The van der Waals surface area contributed by atoms with E-state index in [-0.39, 0.29) is 0 Å². The Hall–Kier alpha value is -2.56. The zero-order chi connectivity index (χ0) is 15.4. The van der Waals surface area contributed by atoms with Crippen molar-refractivity contribution in [3.63, 3.8) is 0 Å². The summed E-state index contributed by atoms with van der Waals surface area (Å²) in [5.41, 5.74) is 1.51. The maximum Gasteiger partial charge on any atom is 0.216 e. The fourth-order valence-electron chi connectivity index (χ4n) is 1.89. The molecule has 0 fully saturated rings. The van der Waals surface area contributed by atoms with E-state index in [1.54, 1.807) is 34.4 Å². The molecule has 0 radical (unpaired) electrons. The van der Waals surface area contributed by atoms with Gasteiger partial charge in [-0.25, -0.2) is 0 Å². The fraction of sp³-hybridized carbons (Fsp3) is 0.0667. The number of nitrogens with one attached hydrogen (secondary N) is 1. The first-order valence-corrected chi connectivity index (χ1v) is 7.78. The lowest BCUT2D eigenvalue weighted by Crippen LogP contribution is -1.99. The van der Waals surface area contributed by atoms with E-state index in [2.05, 4.69) is 27.4 Å². The second-order valence-corrected chi connectivity index (χ2v) is 5.91. The van der Waals surface area contributed by atoms with E-state index in [4.69, 9.17) is 17.5 Å². The fourth-order valence-corrected chi connectivity index (χ4v) is 2.79. The lowest BCUT2D eigenvalue weighted by molar-refractivity contribution is 0.795. The first-order chi connectivity index (χ1) is 10.8. The molecule has 22 heavy (non-hydrogen) atoms. The van der Waals surface area contributed by atoms with Gasteiger partial charge in [0.1, 0.15) is 0 Å². The molecule has 0 saturated heterocycles. The predicted molar refractivity (Wildman–Crippen MR) is 88.7 cm³/mol. The molecule has 1 N–H and O–H groups in total. The molecular formula is C15H11N5S2. The first kappa shape index (κ1) is 14.4. The molecule has 2 aromatic heterocycles. The first-order valence-electron chi connectivity index (χ1n) is 6.49. The van der Waals surface area contributed by atoms with Gasteiger partial charge in [-0.3, -0.25) is 5.10 Å². The lowest BCUT2D eigenvalue weighted by atomic mass is 10.2. The van der Waals surface area contributed by atoms with Crippen molar-refractivity contribution in [3.05, 3.63) is 68.4 Å². The van der Waals surface area contributed by atoms with Crippen molar-refractivity contribution in [2.24, 2.45) is 5.10 Å². The van der Waals surface area contributed by atoms with Crippen LogP contribution in [-0.4, -0.2) is 21.1 Å². The Kier molecular flexibility index (Phi) is 4.23. The molecular weight excluding hydrogens is 314 g/mol. The van der Waals surface area contributed by atoms with Crippen molar-refractivity contribution >= 4 is 29.8 Å². The van der Waals surface area contributed by atoms with Crippen LogP contribution in [0.2, 0.25) is 0 Å². The summed E-state index contributed by atoms with van der Waals surface area (Å²) in [6.07, 6.45) is 2.37. The van der Waals surface area contributed by atoms with Crippen LogP contribution >= 0.6 is 23.6 Å². The van der Waals surface area contributed by atoms with Crippen LogP contribution in [0.1, 0.15) is 21.8 Å².